The third kappa shape index (κ3) is 5.36. The van der Waals surface area contributed by atoms with Gasteiger partial charge in [0.2, 0.25) is 11.8 Å². The highest BCUT2D eigenvalue weighted by Crippen LogP contribution is 2.17. The summed E-state index contributed by atoms with van der Waals surface area (Å²) in [6.45, 7) is 5.49. The molecule has 0 unspecified atom stereocenters. The van der Waals surface area contributed by atoms with Crippen LogP contribution in [0.15, 0.2) is 24.3 Å². The molecule has 8 heteroatoms. The van der Waals surface area contributed by atoms with Crippen LogP contribution in [0.5, 0.6) is 0 Å². The van der Waals surface area contributed by atoms with E-state index in [1.807, 2.05) is 18.2 Å². The number of carbonyl (C=O) groups excluding carboxylic acids is 3. The second-order valence-corrected chi connectivity index (χ2v) is 6.44. The van der Waals surface area contributed by atoms with Crippen LogP contribution in [0.25, 0.3) is 0 Å². The molecule has 142 valence electrons. The minimum Gasteiger partial charge on any atom is -0.450 e. The molecule has 0 spiro atoms. The van der Waals surface area contributed by atoms with Crippen LogP contribution in [0, 0.1) is 0 Å². The molecule has 0 saturated carbocycles. The Morgan fingerprint density at radius 3 is 2.31 bits per heavy atom. The van der Waals surface area contributed by atoms with Gasteiger partial charge in [0.25, 0.3) is 0 Å². The molecule has 7 nitrogen and oxygen atoms in total. The van der Waals surface area contributed by atoms with E-state index in [1.165, 1.54) is 11.8 Å². The van der Waals surface area contributed by atoms with Gasteiger partial charge in [-0.3, -0.25) is 9.59 Å². The molecule has 2 rings (SSSR count). The highest BCUT2D eigenvalue weighted by molar-refractivity contribution is 6.31. The van der Waals surface area contributed by atoms with Crippen LogP contribution in [-0.2, 0) is 20.9 Å². The molecule has 1 heterocycles. The monoisotopic (exact) mass is 381 g/mol. The number of hydrogen-bond donors (Lipinski definition) is 0. The lowest BCUT2D eigenvalue weighted by Crippen LogP contribution is -2.53. The van der Waals surface area contributed by atoms with Crippen molar-refractivity contribution >= 4 is 29.5 Å². The lowest BCUT2D eigenvalue weighted by molar-refractivity contribution is -0.140. The molecule has 0 aromatic heterocycles. The van der Waals surface area contributed by atoms with E-state index in [0.29, 0.717) is 37.8 Å². The third-order valence-corrected chi connectivity index (χ3v) is 4.62. The van der Waals surface area contributed by atoms with Crippen LogP contribution in [-0.4, -0.2) is 71.9 Å². The molecule has 1 aliphatic heterocycles. The van der Waals surface area contributed by atoms with Crippen LogP contribution in [0.4, 0.5) is 4.79 Å². The second-order valence-electron chi connectivity index (χ2n) is 6.03. The maximum Gasteiger partial charge on any atom is 0.409 e. The molecule has 3 amide bonds. The van der Waals surface area contributed by atoms with Crippen molar-refractivity contribution < 1.29 is 19.1 Å². The van der Waals surface area contributed by atoms with Crippen molar-refractivity contribution in [2.45, 2.75) is 20.4 Å². The summed E-state index contributed by atoms with van der Waals surface area (Å²) in [6.07, 6.45) is -0.358. The molecule has 0 radical (unpaired) electrons. The van der Waals surface area contributed by atoms with Crippen LogP contribution in [0.2, 0.25) is 5.02 Å². The molecule has 1 aliphatic rings. The summed E-state index contributed by atoms with van der Waals surface area (Å²) in [4.78, 5) is 40.9. The molecule has 0 N–H and O–H groups in total. The van der Waals surface area contributed by atoms with Crippen LogP contribution >= 0.6 is 11.6 Å². The topological polar surface area (TPSA) is 70.2 Å². The van der Waals surface area contributed by atoms with Gasteiger partial charge in [-0.15, -0.1) is 0 Å². The number of carbonyl (C=O) groups is 3. The van der Waals surface area contributed by atoms with Crippen molar-refractivity contribution in [2.24, 2.45) is 0 Å². The number of hydrogen-bond acceptors (Lipinski definition) is 4. The number of ether oxygens (including phenoxy) is 1. The van der Waals surface area contributed by atoms with E-state index in [1.54, 1.807) is 22.8 Å². The summed E-state index contributed by atoms with van der Waals surface area (Å²) in [5.74, 6) is -0.334. The van der Waals surface area contributed by atoms with Gasteiger partial charge in [-0.25, -0.2) is 4.79 Å². The molecule has 0 bridgehead atoms. The standard InChI is InChI=1S/C18H24ClN3O4/c1-3-26-18(25)21-10-8-20(9-11-21)17(24)13-22(14(2)23)12-15-6-4-5-7-16(15)19/h4-7H,3,8-13H2,1-2H3. The van der Waals surface area contributed by atoms with Gasteiger partial charge in [-0.1, -0.05) is 29.8 Å². The SMILES string of the molecule is CCOC(=O)N1CCN(C(=O)CN(Cc2ccccc2Cl)C(C)=O)CC1. The van der Waals surface area contributed by atoms with Crippen molar-refractivity contribution in [3.63, 3.8) is 0 Å². The first-order valence-corrected chi connectivity index (χ1v) is 8.98. The smallest absolute Gasteiger partial charge is 0.409 e. The third-order valence-electron chi connectivity index (χ3n) is 4.25. The fraction of sp³-hybridized carbons (Fsp3) is 0.500. The molecule has 0 aliphatic carbocycles. The summed E-state index contributed by atoms with van der Waals surface area (Å²) in [5.41, 5.74) is 0.796. The van der Waals surface area contributed by atoms with E-state index < -0.39 is 0 Å². The van der Waals surface area contributed by atoms with Crippen molar-refractivity contribution in [2.75, 3.05) is 39.3 Å². The average Bonchev–Trinajstić information content (AvgIpc) is 2.63. The lowest BCUT2D eigenvalue weighted by Gasteiger charge is -2.35. The zero-order chi connectivity index (χ0) is 19.1. The first kappa shape index (κ1) is 20.0. The highest BCUT2D eigenvalue weighted by Gasteiger charge is 2.26. The predicted molar refractivity (Wildman–Crippen MR) is 97.7 cm³/mol. The molecule has 1 saturated heterocycles. The number of nitrogens with zero attached hydrogens (tertiary/aromatic N) is 3. The Labute approximate surface area is 158 Å². The number of benzene rings is 1. The van der Waals surface area contributed by atoms with E-state index in [2.05, 4.69) is 0 Å². The maximum absolute atomic E-state index is 12.6. The largest absolute Gasteiger partial charge is 0.450 e. The predicted octanol–water partition coefficient (Wildman–Crippen LogP) is 1.99. The molecular weight excluding hydrogens is 358 g/mol. The Morgan fingerprint density at radius 2 is 1.73 bits per heavy atom. The van der Waals surface area contributed by atoms with Gasteiger partial charge in [-0.2, -0.15) is 0 Å². The molecular formula is C18H24ClN3O4. The average molecular weight is 382 g/mol. The van der Waals surface area contributed by atoms with Gasteiger partial charge in [0.05, 0.1) is 6.61 Å². The fourth-order valence-corrected chi connectivity index (χ4v) is 2.92. The second kappa shape index (κ2) is 9.43. The fourth-order valence-electron chi connectivity index (χ4n) is 2.73. The van der Waals surface area contributed by atoms with Gasteiger partial charge in [0, 0.05) is 44.7 Å². The minimum atomic E-state index is -0.358. The summed E-state index contributed by atoms with van der Waals surface area (Å²) in [7, 11) is 0. The minimum absolute atomic E-state index is 0.0139. The van der Waals surface area contributed by atoms with Crippen molar-refractivity contribution in [1.29, 1.82) is 0 Å². The van der Waals surface area contributed by atoms with Crippen molar-refractivity contribution in [3.8, 4) is 0 Å². The number of rotatable bonds is 5. The Morgan fingerprint density at radius 1 is 1.12 bits per heavy atom. The van der Waals surface area contributed by atoms with Crippen LogP contribution < -0.4 is 0 Å². The van der Waals surface area contributed by atoms with Crippen molar-refractivity contribution in [3.05, 3.63) is 34.9 Å². The summed E-state index contributed by atoms with van der Waals surface area (Å²) in [5, 5.41) is 0.564. The molecule has 0 atom stereocenters. The summed E-state index contributed by atoms with van der Waals surface area (Å²) in [6, 6.07) is 7.25. The van der Waals surface area contributed by atoms with E-state index in [-0.39, 0.29) is 31.0 Å². The van der Waals surface area contributed by atoms with Gasteiger partial charge < -0.3 is 19.4 Å². The van der Waals surface area contributed by atoms with Gasteiger partial charge in [0.1, 0.15) is 6.54 Å². The molecule has 1 aromatic carbocycles. The van der Waals surface area contributed by atoms with E-state index in [9.17, 15) is 14.4 Å². The molecule has 1 fully saturated rings. The molecule has 26 heavy (non-hydrogen) atoms. The Bertz CT molecular complexity index is 660. The zero-order valence-electron chi connectivity index (χ0n) is 15.1. The lowest BCUT2D eigenvalue weighted by atomic mass is 10.2. The number of piperazine rings is 1. The Balaban J connectivity index is 1.91. The molecule has 1 aromatic rings. The van der Waals surface area contributed by atoms with Crippen LogP contribution in [0.3, 0.4) is 0 Å². The van der Waals surface area contributed by atoms with Gasteiger partial charge >= 0.3 is 6.09 Å². The first-order valence-electron chi connectivity index (χ1n) is 8.60. The first-order chi connectivity index (χ1) is 12.4. The Hall–Kier alpha value is -2.28. The number of amides is 3. The highest BCUT2D eigenvalue weighted by atomic mass is 35.5. The van der Waals surface area contributed by atoms with Crippen molar-refractivity contribution in [1.82, 2.24) is 14.7 Å². The van der Waals surface area contributed by atoms with Gasteiger partial charge in [-0.05, 0) is 18.6 Å². The van der Waals surface area contributed by atoms with E-state index >= 15 is 0 Å². The number of halogens is 1. The van der Waals surface area contributed by atoms with E-state index in [4.69, 9.17) is 16.3 Å². The quantitative estimate of drug-likeness (QED) is 0.782. The maximum atomic E-state index is 12.6. The summed E-state index contributed by atoms with van der Waals surface area (Å²) < 4.78 is 4.97. The summed E-state index contributed by atoms with van der Waals surface area (Å²) >= 11 is 6.15. The van der Waals surface area contributed by atoms with E-state index in [0.717, 1.165) is 5.56 Å². The zero-order valence-corrected chi connectivity index (χ0v) is 15.9. The normalized spacial score (nSPS) is 14.1. The van der Waals surface area contributed by atoms with Crippen LogP contribution in [0.1, 0.15) is 19.4 Å². The Kier molecular flexibility index (Phi) is 7.26. The van der Waals surface area contributed by atoms with Gasteiger partial charge in [0.15, 0.2) is 0 Å².